The standard InChI is InChI=1S/C25H24F3NO3S/c1-33(31,32)23(20-13-8-14-21(15-20)25(26,27)28)24(30)16-29(17-24)22(18-9-4-2-5-10-18)19-11-6-3-7-12-19/h2-15,22-23,30H,16-17H2,1H3. The normalized spacial score (nSPS) is 17.5. The summed E-state index contributed by atoms with van der Waals surface area (Å²) < 4.78 is 65.1. The Hall–Kier alpha value is -2.68. The topological polar surface area (TPSA) is 57.6 Å². The predicted molar refractivity (Wildman–Crippen MR) is 120 cm³/mol. The van der Waals surface area contributed by atoms with Gasteiger partial charge in [0, 0.05) is 19.3 Å². The minimum atomic E-state index is -4.61. The molecule has 1 fully saturated rings. The molecule has 3 aromatic carbocycles. The number of likely N-dealkylation sites (tertiary alicyclic amines) is 1. The first-order chi connectivity index (χ1) is 15.5. The van der Waals surface area contributed by atoms with Gasteiger partial charge < -0.3 is 5.11 Å². The van der Waals surface area contributed by atoms with Gasteiger partial charge in [-0.1, -0.05) is 78.9 Å². The molecule has 33 heavy (non-hydrogen) atoms. The lowest BCUT2D eigenvalue weighted by molar-refractivity contribution is -0.138. The monoisotopic (exact) mass is 475 g/mol. The molecule has 1 atom stereocenters. The number of alkyl halides is 3. The molecule has 1 saturated heterocycles. The third kappa shape index (κ3) is 4.83. The van der Waals surface area contributed by atoms with Crippen molar-refractivity contribution in [2.75, 3.05) is 19.3 Å². The Morgan fingerprint density at radius 2 is 1.33 bits per heavy atom. The zero-order chi connectivity index (χ0) is 23.9. The SMILES string of the molecule is CS(=O)(=O)C(c1cccc(C(F)(F)F)c1)C1(O)CN(C(c2ccccc2)c2ccccc2)C1. The fraction of sp³-hybridized carbons (Fsp3) is 0.280. The smallest absolute Gasteiger partial charge is 0.385 e. The Balaban J connectivity index is 1.68. The van der Waals surface area contributed by atoms with Crippen LogP contribution in [0.2, 0.25) is 0 Å². The summed E-state index contributed by atoms with van der Waals surface area (Å²) in [4.78, 5) is 1.94. The molecule has 1 heterocycles. The maximum Gasteiger partial charge on any atom is 0.416 e. The molecule has 0 radical (unpaired) electrons. The molecule has 1 N–H and O–H groups in total. The summed E-state index contributed by atoms with van der Waals surface area (Å²) in [7, 11) is -3.92. The van der Waals surface area contributed by atoms with Crippen molar-refractivity contribution < 1.29 is 26.7 Å². The van der Waals surface area contributed by atoms with E-state index in [4.69, 9.17) is 0 Å². The second kappa shape index (κ2) is 8.59. The first kappa shape index (κ1) is 23.5. The lowest BCUT2D eigenvalue weighted by Crippen LogP contribution is -2.66. The molecular weight excluding hydrogens is 451 g/mol. The Morgan fingerprint density at radius 1 is 0.848 bits per heavy atom. The number of β-amino-alcohol motifs (C(OH)–C–C–N with tert-alkyl or cyclic N) is 1. The molecule has 4 nitrogen and oxygen atoms in total. The molecule has 0 amide bonds. The Kier molecular flexibility index (Phi) is 6.11. The summed E-state index contributed by atoms with van der Waals surface area (Å²) in [6.45, 7) is -0.00905. The second-order valence-electron chi connectivity index (χ2n) is 8.57. The highest BCUT2D eigenvalue weighted by molar-refractivity contribution is 7.91. The Morgan fingerprint density at radius 3 is 1.79 bits per heavy atom. The van der Waals surface area contributed by atoms with Crippen LogP contribution in [0, 0.1) is 0 Å². The van der Waals surface area contributed by atoms with Crippen molar-refractivity contribution in [3.05, 3.63) is 107 Å². The van der Waals surface area contributed by atoms with Crippen LogP contribution in [-0.4, -0.2) is 43.4 Å². The molecule has 4 rings (SSSR count). The van der Waals surface area contributed by atoms with E-state index in [9.17, 15) is 26.7 Å². The number of sulfone groups is 1. The van der Waals surface area contributed by atoms with Gasteiger partial charge in [-0.3, -0.25) is 4.90 Å². The van der Waals surface area contributed by atoms with Crippen LogP contribution in [-0.2, 0) is 16.0 Å². The van der Waals surface area contributed by atoms with Crippen LogP contribution in [0.25, 0.3) is 0 Å². The summed E-state index contributed by atoms with van der Waals surface area (Å²) in [5.41, 5.74) is -0.786. The Bertz CT molecular complexity index is 1170. The van der Waals surface area contributed by atoms with Gasteiger partial charge in [0.05, 0.1) is 11.6 Å². The number of nitrogens with zero attached hydrogens (tertiary/aromatic N) is 1. The van der Waals surface area contributed by atoms with E-state index in [2.05, 4.69) is 0 Å². The summed E-state index contributed by atoms with van der Waals surface area (Å²) >= 11 is 0. The average Bonchev–Trinajstić information content (AvgIpc) is 2.73. The molecule has 174 valence electrons. The largest absolute Gasteiger partial charge is 0.416 e. The molecule has 0 bridgehead atoms. The molecule has 1 aliphatic heterocycles. The van der Waals surface area contributed by atoms with E-state index in [1.807, 2.05) is 65.6 Å². The fourth-order valence-corrected chi connectivity index (χ4v) is 6.31. The summed E-state index contributed by atoms with van der Waals surface area (Å²) in [6.07, 6.45) is -3.66. The van der Waals surface area contributed by atoms with Crippen LogP contribution in [0.1, 0.15) is 33.5 Å². The molecule has 3 aromatic rings. The maximum absolute atomic E-state index is 13.2. The minimum Gasteiger partial charge on any atom is -0.385 e. The van der Waals surface area contributed by atoms with Gasteiger partial charge in [0.2, 0.25) is 0 Å². The fourth-order valence-electron chi connectivity index (χ4n) is 4.72. The lowest BCUT2D eigenvalue weighted by Gasteiger charge is -2.53. The number of hydrogen-bond donors (Lipinski definition) is 1. The zero-order valence-electron chi connectivity index (χ0n) is 17.9. The quantitative estimate of drug-likeness (QED) is 0.565. The van der Waals surface area contributed by atoms with Gasteiger partial charge in [0.1, 0.15) is 10.9 Å². The van der Waals surface area contributed by atoms with Crippen LogP contribution in [0.3, 0.4) is 0 Å². The molecule has 1 unspecified atom stereocenters. The van der Waals surface area contributed by atoms with Crippen molar-refractivity contribution in [3.8, 4) is 0 Å². The van der Waals surface area contributed by atoms with E-state index in [0.29, 0.717) is 0 Å². The molecule has 0 aromatic heterocycles. The van der Waals surface area contributed by atoms with E-state index in [-0.39, 0.29) is 24.7 Å². The average molecular weight is 476 g/mol. The number of aliphatic hydroxyl groups is 1. The van der Waals surface area contributed by atoms with Gasteiger partial charge in [-0.25, -0.2) is 8.42 Å². The van der Waals surface area contributed by atoms with Crippen molar-refractivity contribution in [2.24, 2.45) is 0 Å². The third-order valence-corrected chi connectivity index (χ3v) is 7.55. The number of halogens is 3. The highest BCUT2D eigenvalue weighted by Crippen LogP contribution is 2.45. The van der Waals surface area contributed by atoms with Crippen LogP contribution >= 0.6 is 0 Å². The first-order valence-corrected chi connectivity index (χ1v) is 12.4. The van der Waals surface area contributed by atoms with E-state index in [1.54, 1.807) is 0 Å². The van der Waals surface area contributed by atoms with Crippen molar-refractivity contribution >= 4 is 9.84 Å². The number of hydrogen-bond acceptors (Lipinski definition) is 4. The third-order valence-electron chi connectivity index (χ3n) is 5.98. The molecule has 0 saturated carbocycles. The molecular formula is C25H24F3NO3S. The van der Waals surface area contributed by atoms with Crippen LogP contribution in [0.5, 0.6) is 0 Å². The number of benzene rings is 3. The van der Waals surface area contributed by atoms with Gasteiger partial charge in [-0.15, -0.1) is 0 Å². The molecule has 0 spiro atoms. The summed E-state index contributed by atoms with van der Waals surface area (Å²) in [5.74, 6) is 0. The van der Waals surface area contributed by atoms with Gasteiger partial charge in [-0.05, 0) is 22.8 Å². The second-order valence-corrected chi connectivity index (χ2v) is 10.7. The van der Waals surface area contributed by atoms with Crippen molar-refractivity contribution in [1.82, 2.24) is 4.90 Å². The molecule has 0 aliphatic carbocycles. The molecule has 1 aliphatic rings. The van der Waals surface area contributed by atoms with Gasteiger partial charge in [-0.2, -0.15) is 13.2 Å². The highest BCUT2D eigenvalue weighted by atomic mass is 32.2. The lowest BCUT2D eigenvalue weighted by atomic mass is 9.82. The first-order valence-electron chi connectivity index (χ1n) is 10.4. The van der Waals surface area contributed by atoms with Gasteiger partial charge >= 0.3 is 6.18 Å². The summed E-state index contributed by atoms with van der Waals surface area (Å²) in [5, 5.41) is 9.89. The number of rotatable bonds is 6. The van der Waals surface area contributed by atoms with Crippen LogP contribution < -0.4 is 0 Å². The van der Waals surface area contributed by atoms with E-state index < -0.39 is 32.4 Å². The van der Waals surface area contributed by atoms with Gasteiger partial charge in [0.15, 0.2) is 9.84 Å². The van der Waals surface area contributed by atoms with Crippen molar-refractivity contribution in [2.45, 2.75) is 23.1 Å². The van der Waals surface area contributed by atoms with Crippen molar-refractivity contribution in [1.29, 1.82) is 0 Å². The summed E-state index contributed by atoms with van der Waals surface area (Å²) in [6, 6.07) is 23.2. The highest BCUT2D eigenvalue weighted by Gasteiger charge is 2.54. The van der Waals surface area contributed by atoms with Crippen LogP contribution in [0.15, 0.2) is 84.9 Å². The van der Waals surface area contributed by atoms with Crippen LogP contribution in [0.4, 0.5) is 13.2 Å². The van der Waals surface area contributed by atoms with E-state index in [1.165, 1.54) is 12.1 Å². The predicted octanol–water partition coefficient (Wildman–Crippen LogP) is 4.63. The van der Waals surface area contributed by atoms with E-state index >= 15 is 0 Å². The maximum atomic E-state index is 13.2. The van der Waals surface area contributed by atoms with Gasteiger partial charge in [0.25, 0.3) is 0 Å². The minimum absolute atomic E-state index is 0.00453. The van der Waals surface area contributed by atoms with E-state index in [0.717, 1.165) is 29.5 Å². The zero-order valence-corrected chi connectivity index (χ0v) is 18.7. The molecule has 8 heteroatoms. The Labute approximate surface area is 191 Å². The van der Waals surface area contributed by atoms with Crippen molar-refractivity contribution in [3.63, 3.8) is 0 Å².